The molecule has 0 radical (unpaired) electrons. The number of aliphatic imine (C=N–C) groups is 1. The average Bonchev–Trinajstić information content (AvgIpc) is 3.19. The molecule has 1 saturated heterocycles. The van der Waals surface area contributed by atoms with Gasteiger partial charge in [0.1, 0.15) is 11.9 Å². The van der Waals surface area contributed by atoms with Crippen LogP contribution in [0.1, 0.15) is 56.6 Å². The highest BCUT2D eigenvalue weighted by Gasteiger charge is 2.29. The van der Waals surface area contributed by atoms with E-state index in [4.69, 9.17) is 14.5 Å². The van der Waals surface area contributed by atoms with Gasteiger partial charge in [0, 0.05) is 25.1 Å². The van der Waals surface area contributed by atoms with Crippen molar-refractivity contribution in [1.82, 2.24) is 10.6 Å². The van der Waals surface area contributed by atoms with Gasteiger partial charge in [0.05, 0.1) is 25.4 Å². The van der Waals surface area contributed by atoms with Crippen molar-refractivity contribution in [2.75, 3.05) is 26.3 Å². The Morgan fingerprint density at radius 3 is 2.82 bits per heavy atom. The fraction of sp³-hybridized carbons (Fsp3) is 0.682. The summed E-state index contributed by atoms with van der Waals surface area (Å²) in [6.07, 6.45) is 6.19. The zero-order chi connectivity index (χ0) is 19.8. The van der Waals surface area contributed by atoms with Gasteiger partial charge < -0.3 is 25.2 Å². The standard InChI is InChI=1S/C22H35N3O3/c1-3-23-21(25-16-22(26)10-5-4-6-11-22)24-14-18-8-7-17(2)13-20(18)28-19-9-12-27-15-19/h7-8,13,19,26H,3-6,9-12,14-16H2,1-2H3,(H2,23,24,25). The molecule has 0 amide bonds. The van der Waals surface area contributed by atoms with E-state index in [0.717, 1.165) is 62.5 Å². The normalized spacial score (nSPS) is 22.1. The number of benzene rings is 1. The molecule has 156 valence electrons. The van der Waals surface area contributed by atoms with E-state index in [-0.39, 0.29) is 6.10 Å². The van der Waals surface area contributed by atoms with Gasteiger partial charge >= 0.3 is 0 Å². The molecule has 1 aliphatic carbocycles. The van der Waals surface area contributed by atoms with Crippen molar-refractivity contribution < 1.29 is 14.6 Å². The Kier molecular flexibility index (Phi) is 7.57. The number of nitrogens with one attached hydrogen (secondary N) is 2. The Balaban J connectivity index is 1.64. The summed E-state index contributed by atoms with van der Waals surface area (Å²) in [7, 11) is 0. The van der Waals surface area contributed by atoms with E-state index in [2.05, 4.69) is 35.8 Å². The van der Waals surface area contributed by atoms with Crippen LogP contribution in [0.5, 0.6) is 5.75 Å². The Bertz CT molecular complexity index is 650. The molecule has 28 heavy (non-hydrogen) atoms. The van der Waals surface area contributed by atoms with E-state index in [0.29, 0.717) is 19.7 Å². The minimum Gasteiger partial charge on any atom is -0.488 e. The van der Waals surface area contributed by atoms with E-state index in [1.165, 1.54) is 12.0 Å². The molecule has 3 rings (SSSR count). The Labute approximate surface area is 168 Å². The molecule has 6 heteroatoms. The van der Waals surface area contributed by atoms with Crippen molar-refractivity contribution in [3.63, 3.8) is 0 Å². The van der Waals surface area contributed by atoms with Crippen LogP contribution in [-0.4, -0.2) is 49.1 Å². The Hall–Kier alpha value is -1.79. The van der Waals surface area contributed by atoms with Crippen LogP contribution >= 0.6 is 0 Å². The average molecular weight is 390 g/mol. The van der Waals surface area contributed by atoms with E-state index >= 15 is 0 Å². The van der Waals surface area contributed by atoms with Gasteiger partial charge in [0.25, 0.3) is 0 Å². The molecule has 1 atom stereocenters. The van der Waals surface area contributed by atoms with Gasteiger partial charge in [0.15, 0.2) is 5.96 Å². The maximum absolute atomic E-state index is 10.7. The van der Waals surface area contributed by atoms with Crippen molar-refractivity contribution in [3.05, 3.63) is 29.3 Å². The summed E-state index contributed by atoms with van der Waals surface area (Å²) in [6.45, 7) is 7.38. The van der Waals surface area contributed by atoms with E-state index < -0.39 is 5.60 Å². The zero-order valence-electron chi connectivity index (χ0n) is 17.3. The highest BCUT2D eigenvalue weighted by Crippen LogP contribution is 2.27. The summed E-state index contributed by atoms with van der Waals surface area (Å²) in [5.74, 6) is 1.62. The molecule has 1 aromatic rings. The lowest BCUT2D eigenvalue weighted by atomic mass is 9.85. The number of guanidine groups is 1. The van der Waals surface area contributed by atoms with Gasteiger partial charge in [-0.05, 0) is 38.3 Å². The SMILES string of the molecule is CCNC(=NCc1ccc(C)cc1OC1CCOC1)NCC1(O)CCCCC1. The summed E-state index contributed by atoms with van der Waals surface area (Å²) in [5.41, 5.74) is 1.62. The molecule has 6 nitrogen and oxygen atoms in total. The van der Waals surface area contributed by atoms with Crippen LogP contribution in [0.2, 0.25) is 0 Å². The number of aliphatic hydroxyl groups is 1. The number of hydrogen-bond donors (Lipinski definition) is 3. The minimum atomic E-state index is -0.616. The van der Waals surface area contributed by atoms with Gasteiger partial charge in [-0.3, -0.25) is 0 Å². The summed E-state index contributed by atoms with van der Waals surface area (Å²) in [4.78, 5) is 4.74. The highest BCUT2D eigenvalue weighted by atomic mass is 16.5. The molecule has 1 aromatic carbocycles. The maximum atomic E-state index is 10.7. The van der Waals surface area contributed by atoms with Crippen LogP contribution in [0.3, 0.4) is 0 Å². The summed E-state index contributed by atoms with van der Waals surface area (Å²) in [5, 5.41) is 17.3. The first kappa shape index (κ1) is 20.9. The quantitative estimate of drug-likeness (QED) is 0.494. The van der Waals surface area contributed by atoms with E-state index in [1.807, 2.05) is 6.92 Å². The van der Waals surface area contributed by atoms with Gasteiger partial charge in [-0.2, -0.15) is 0 Å². The lowest BCUT2D eigenvalue weighted by Gasteiger charge is -2.32. The van der Waals surface area contributed by atoms with Crippen LogP contribution in [0.15, 0.2) is 23.2 Å². The lowest BCUT2D eigenvalue weighted by molar-refractivity contribution is 0.00859. The summed E-state index contributed by atoms with van der Waals surface area (Å²) >= 11 is 0. The topological polar surface area (TPSA) is 75.1 Å². The Morgan fingerprint density at radius 1 is 1.29 bits per heavy atom. The van der Waals surface area contributed by atoms with Crippen LogP contribution in [0.25, 0.3) is 0 Å². The number of hydrogen-bond acceptors (Lipinski definition) is 4. The lowest BCUT2D eigenvalue weighted by Crippen LogP contribution is -2.48. The van der Waals surface area contributed by atoms with Crippen molar-refractivity contribution >= 4 is 5.96 Å². The number of rotatable bonds is 7. The molecule has 0 aromatic heterocycles. The molecule has 2 fully saturated rings. The van der Waals surface area contributed by atoms with Gasteiger partial charge in [-0.15, -0.1) is 0 Å². The molecule has 0 bridgehead atoms. The first-order valence-corrected chi connectivity index (χ1v) is 10.7. The van der Waals surface area contributed by atoms with Crippen LogP contribution in [0.4, 0.5) is 0 Å². The first-order valence-electron chi connectivity index (χ1n) is 10.7. The van der Waals surface area contributed by atoms with Gasteiger partial charge in [0.2, 0.25) is 0 Å². The van der Waals surface area contributed by atoms with Crippen molar-refractivity contribution in [2.45, 2.75) is 70.6 Å². The van der Waals surface area contributed by atoms with Crippen LogP contribution in [-0.2, 0) is 11.3 Å². The molecular formula is C22H35N3O3. The van der Waals surface area contributed by atoms with Gasteiger partial charge in [-0.1, -0.05) is 31.4 Å². The maximum Gasteiger partial charge on any atom is 0.191 e. The number of ether oxygens (including phenoxy) is 2. The second-order valence-corrected chi connectivity index (χ2v) is 8.05. The van der Waals surface area contributed by atoms with Crippen molar-refractivity contribution in [2.24, 2.45) is 4.99 Å². The molecular weight excluding hydrogens is 354 g/mol. The first-order chi connectivity index (χ1) is 13.6. The smallest absolute Gasteiger partial charge is 0.191 e. The third-order valence-corrected chi connectivity index (χ3v) is 5.53. The third kappa shape index (κ3) is 6.11. The fourth-order valence-corrected chi connectivity index (χ4v) is 3.83. The van der Waals surface area contributed by atoms with Gasteiger partial charge in [-0.25, -0.2) is 4.99 Å². The molecule has 3 N–H and O–H groups in total. The van der Waals surface area contributed by atoms with Crippen molar-refractivity contribution in [3.8, 4) is 5.75 Å². The predicted molar refractivity (Wildman–Crippen MR) is 112 cm³/mol. The second-order valence-electron chi connectivity index (χ2n) is 8.05. The predicted octanol–water partition coefficient (Wildman–Crippen LogP) is 2.91. The van der Waals surface area contributed by atoms with Crippen molar-refractivity contribution in [1.29, 1.82) is 0 Å². The molecule has 2 aliphatic rings. The number of aryl methyl sites for hydroxylation is 1. The largest absolute Gasteiger partial charge is 0.488 e. The minimum absolute atomic E-state index is 0.122. The summed E-state index contributed by atoms with van der Waals surface area (Å²) in [6, 6.07) is 6.25. The molecule has 1 saturated carbocycles. The van der Waals surface area contributed by atoms with Crippen LogP contribution in [0, 0.1) is 6.92 Å². The van der Waals surface area contributed by atoms with E-state index in [9.17, 15) is 5.11 Å². The summed E-state index contributed by atoms with van der Waals surface area (Å²) < 4.78 is 11.6. The molecule has 1 heterocycles. The van der Waals surface area contributed by atoms with E-state index in [1.54, 1.807) is 0 Å². The van der Waals surface area contributed by atoms with Crippen LogP contribution < -0.4 is 15.4 Å². The second kappa shape index (κ2) is 10.1. The number of nitrogens with zero attached hydrogens (tertiary/aromatic N) is 1. The highest BCUT2D eigenvalue weighted by molar-refractivity contribution is 5.79. The monoisotopic (exact) mass is 389 g/mol. The molecule has 1 aliphatic heterocycles. The zero-order valence-corrected chi connectivity index (χ0v) is 17.3. The third-order valence-electron chi connectivity index (χ3n) is 5.53. The molecule has 0 spiro atoms. The Morgan fingerprint density at radius 2 is 2.11 bits per heavy atom. The fourth-order valence-electron chi connectivity index (χ4n) is 3.83. The molecule has 1 unspecified atom stereocenters.